The van der Waals surface area contributed by atoms with Gasteiger partial charge < -0.3 is 162 Å². The van der Waals surface area contributed by atoms with Crippen LogP contribution in [0.2, 0.25) is 10.0 Å². The number of amides is 7. The number of nitrogens with two attached hydrogens (primary N) is 2. The summed E-state index contributed by atoms with van der Waals surface area (Å²) in [6.45, 7) is 4.96. The van der Waals surface area contributed by atoms with Crippen LogP contribution in [0.15, 0.2) is 132 Å². The van der Waals surface area contributed by atoms with E-state index in [9.17, 15) is 93.4 Å². The van der Waals surface area contributed by atoms with Crippen LogP contribution in [-0.2, 0) is 85.5 Å². The van der Waals surface area contributed by atoms with Crippen molar-refractivity contribution in [2.45, 2.75) is 210 Å². The molecule has 8 aliphatic heterocycles. The van der Waals surface area contributed by atoms with Gasteiger partial charge in [-0.25, -0.2) is 4.79 Å². The number of nitrogens with one attached hydrogen (secondary N) is 8. The first kappa shape index (κ1) is 99.4. The lowest BCUT2D eigenvalue weighted by Gasteiger charge is -2.46. The van der Waals surface area contributed by atoms with Crippen molar-refractivity contribution in [1.29, 1.82) is 0 Å². The molecular weight excluding hydrogens is 1820 g/mol. The number of alkyl halides is 3. The highest BCUT2D eigenvalue weighted by molar-refractivity contribution is 7.90. The number of carbonyl (C=O) groups is 8. The van der Waals surface area contributed by atoms with Gasteiger partial charge in [0.15, 0.2) is 35.0 Å². The van der Waals surface area contributed by atoms with Crippen molar-refractivity contribution < 1.29 is 160 Å². The minimum Gasteiger partial charge on any atom is -0.611 e. The highest BCUT2D eigenvalue weighted by atomic mass is 35.5. The summed E-state index contributed by atoms with van der Waals surface area (Å²) >= 11 is 12.8. The van der Waals surface area contributed by atoms with Crippen LogP contribution < -0.4 is 72.9 Å². The molecule has 11 bridgehead atoms. The number of halogens is 5. The normalized spacial score (nSPS) is 29.0. The number of aliphatic hydroxyl groups excluding tert-OH is 8. The molecule has 0 saturated carbocycles. The van der Waals surface area contributed by atoms with Crippen LogP contribution in [0.5, 0.6) is 51.7 Å². The lowest BCUT2D eigenvalue weighted by atomic mass is 9.86. The highest BCUT2D eigenvalue weighted by Crippen LogP contribution is 2.51. The molecule has 7 aromatic rings. The summed E-state index contributed by atoms with van der Waals surface area (Å²) in [7, 11) is 1.45. The Kier molecular flexibility index (Phi) is 31.0. The Balaban J connectivity index is 0.926. The molecule has 7 aromatic carbocycles. The molecule has 24 N–H and O–H groups in total. The first-order valence-corrected chi connectivity index (χ1v) is 43.6. The Morgan fingerprint density at radius 3 is 1.94 bits per heavy atom. The molecule has 15 rings (SSSR count). The van der Waals surface area contributed by atoms with E-state index in [1.54, 1.807) is 38.1 Å². The predicted octanol–water partition coefficient (Wildman–Crippen LogP) is 1.93. The van der Waals surface area contributed by atoms with Crippen molar-refractivity contribution in [2.75, 3.05) is 20.2 Å². The van der Waals surface area contributed by atoms with Crippen LogP contribution in [-0.4, -0.2) is 249 Å². The molecule has 0 aliphatic carbocycles. The van der Waals surface area contributed by atoms with Gasteiger partial charge in [-0.3, -0.25) is 33.6 Å². The maximum absolute atomic E-state index is 16.5. The molecule has 7 amide bonds. The summed E-state index contributed by atoms with van der Waals surface area (Å²) in [4.78, 5) is 121. The molecule has 3 saturated heterocycles. The van der Waals surface area contributed by atoms with Crippen LogP contribution in [0.1, 0.15) is 116 Å². The first-order chi connectivity index (χ1) is 62.8. The van der Waals surface area contributed by atoms with Crippen LogP contribution in [0.25, 0.3) is 11.1 Å². The molecule has 0 radical (unpaired) electrons. The number of fused-ring (bicyclic) bond motifs is 15. The van der Waals surface area contributed by atoms with Crippen molar-refractivity contribution in [3.8, 4) is 62.9 Å². The zero-order valence-electron chi connectivity index (χ0n) is 71.0. The van der Waals surface area contributed by atoms with Gasteiger partial charge >= 0.3 is 12.3 Å². The van der Waals surface area contributed by atoms with Crippen LogP contribution in [0, 0.1) is 5.92 Å². The van der Waals surface area contributed by atoms with Gasteiger partial charge in [-0.1, -0.05) is 79.5 Å². The molecule has 8 heterocycles. The number of ether oxygens (including phenoxy) is 9. The monoisotopic (exact) mass is 1920 g/mol. The van der Waals surface area contributed by atoms with Gasteiger partial charge in [-0.15, -0.1) is 13.2 Å². The molecule has 0 aromatic heterocycles. The summed E-state index contributed by atoms with van der Waals surface area (Å²) in [5.41, 5.74) is 8.75. The highest BCUT2D eigenvalue weighted by Gasteiger charge is 2.53. The van der Waals surface area contributed by atoms with Crippen molar-refractivity contribution in [3.63, 3.8) is 0 Å². The number of primary amides is 1. The number of likely N-dealkylation sites (N-methyl/N-ethyl adjacent to an activating group) is 1. The summed E-state index contributed by atoms with van der Waals surface area (Å²) in [5, 5.41) is 159. The standard InChI is InChI=1S/C87H97Cl2F3N10O30S/c1-34(2)19-49(95-5)77(115)101-65-67(108)39-12-17-53(47(88)22-39)125-55-24-41-25-56(74(55)130-85-72(113)70(111)75(58(32-103)128-85)131-84-71(112)69(110)68(109)57(127-84)31-96-30-37-7-6-8-44(20-37)133(123)33-36-9-14-43(15-10-36)132-87(90,91)92)126-54-18-13-40(23-48(54)89)73(129-60-29-86(4,94)76(114)35(3)124-60)66-82(120)100-64(83(121)122)46-26-42(104)27-52(106)61(46)45-21-38(11-16-51(45)105)62(79(117)102-66)99-80(118)63(41)98-78(116)50(28-59(93)107)97-81(65)119/h6-18,20-27,34-35,49-50,57-58,60,62-73,75-76,84-85,95-96,103-106,108-114H,19,28-33,94H2,1-5H3,(H2,93,107)(H,97,119)(H,98,116)(H,99,118)(H,100,120)(H,101,115)(H,102,117)(H,121,122)/t35-,49+,50-,57+,58+,60?,62+,63+,64+,65+,66-,67+,68-,69-,70+,71+,72+,73+,75+,76-,84-,85-,86-,133?/m0/s1. The third kappa shape index (κ3) is 22.8. The van der Waals surface area contributed by atoms with E-state index in [1.807, 2.05) is 0 Å². The summed E-state index contributed by atoms with van der Waals surface area (Å²) < 4.78 is 107. The van der Waals surface area contributed by atoms with Gasteiger partial charge in [0, 0.05) is 53.4 Å². The van der Waals surface area contributed by atoms with Gasteiger partial charge in [0.05, 0.1) is 41.3 Å². The topological polar surface area (TPSA) is 634 Å². The van der Waals surface area contributed by atoms with Crippen molar-refractivity contribution in [3.05, 3.63) is 176 Å². The molecule has 3 fully saturated rings. The van der Waals surface area contributed by atoms with E-state index in [-0.39, 0.29) is 48.7 Å². The lowest BCUT2D eigenvalue weighted by molar-refractivity contribution is -0.350. The maximum Gasteiger partial charge on any atom is 0.573 e. The number of aliphatic carboxylic acids is 1. The second-order valence-corrected chi connectivity index (χ2v) is 35.6. The number of hydrogen-bond acceptors (Lipinski definition) is 32. The molecule has 46 heteroatoms. The quantitative estimate of drug-likeness (QED) is 0.0407. The van der Waals surface area contributed by atoms with Crippen LogP contribution >= 0.6 is 23.2 Å². The van der Waals surface area contributed by atoms with E-state index in [0.29, 0.717) is 16.0 Å². The van der Waals surface area contributed by atoms with Crippen LogP contribution in [0.3, 0.4) is 0 Å². The van der Waals surface area contributed by atoms with E-state index >= 15 is 24.0 Å². The largest absolute Gasteiger partial charge is 0.611 e. The zero-order chi connectivity index (χ0) is 96.4. The Hall–Kier alpha value is -11.1. The summed E-state index contributed by atoms with van der Waals surface area (Å²) in [6, 6.07) is 9.67. The Labute approximate surface area is 767 Å². The van der Waals surface area contributed by atoms with E-state index < -0.39 is 307 Å². The number of carboxylic acids is 1. The van der Waals surface area contributed by atoms with Gasteiger partial charge in [0.1, 0.15) is 131 Å². The maximum atomic E-state index is 16.5. The number of aliphatic hydroxyl groups is 8. The summed E-state index contributed by atoms with van der Waals surface area (Å²) in [6.07, 6.45) is -35.1. The second-order valence-electron chi connectivity index (χ2n) is 33.3. The fourth-order valence-corrected chi connectivity index (χ4v) is 17.8. The smallest absolute Gasteiger partial charge is 0.573 e. The Morgan fingerprint density at radius 1 is 0.677 bits per heavy atom. The van der Waals surface area contributed by atoms with Gasteiger partial charge in [0.2, 0.25) is 53.4 Å². The van der Waals surface area contributed by atoms with Crippen molar-refractivity contribution in [2.24, 2.45) is 17.4 Å². The van der Waals surface area contributed by atoms with Gasteiger partial charge in [-0.05, 0) is 151 Å². The number of phenols is 3. The number of benzene rings is 7. The minimum absolute atomic E-state index is 0.0189. The molecule has 133 heavy (non-hydrogen) atoms. The first-order valence-electron chi connectivity index (χ1n) is 41.5. The zero-order valence-corrected chi connectivity index (χ0v) is 73.3. The number of aromatic hydroxyl groups is 3. The second kappa shape index (κ2) is 41.4. The molecule has 716 valence electrons. The minimum atomic E-state index is -4.93. The van der Waals surface area contributed by atoms with Gasteiger partial charge in [0.25, 0.3) is 0 Å². The number of phenolic OH excluding ortho intramolecular Hbond substituents is 3. The lowest BCUT2D eigenvalue weighted by Crippen LogP contribution is -2.65. The molecular formula is C87H97Cl2F3N10O30S. The number of hydrogen-bond donors (Lipinski definition) is 22. The number of rotatable bonds is 23. The molecule has 24 atom stereocenters. The predicted molar refractivity (Wildman–Crippen MR) is 456 cm³/mol. The molecule has 0 spiro atoms. The third-order valence-electron chi connectivity index (χ3n) is 23.0. The van der Waals surface area contributed by atoms with E-state index in [1.165, 1.54) is 45.2 Å². The van der Waals surface area contributed by atoms with E-state index in [4.69, 9.17) is 72.6 Å². The average molecular weight is 1920 g/mol. The number of carbonyl (C=O) groups excluding carboxylic acids is 7. The molecule has 2 unspecified atom stereocenters. The fraction of sp³-hybridized carbons (Fsp3) is 0.425. The Morgan fingerprint density at radius 2 is 1.31 bits per heavy atom. The summed E-state index contributed by atoms with van der Waals surface area (Å²) in [5.74, 6) is -17.7. The SMILES string of the molecule is CN[C@H](CC(C)C)C(=O)N[C@H]1C(=O)N[C@@H](CC(N)=O)C(=O)N[C@H]2C(=O)N[C@H]3C(=O)N[C@H](C(=O)N[C@@H](C(=O)O)c4cc(O)cc(O)c4-c4cc3ccc4O)[C@H](OC3C[C@](C)(N)[C@@H](O)[C@H](C)O3)c3ccc(c(Cl)c3)Oc3cc2cc(c3O[C@@H]2O[C@H](CO)[C@@H](O[C@@H]3O[C@H](CNCc4cccc([S+]([O-])Cc5ccc(OC(F)(F)F)cc5)c4)[C@H](O)[C@H](O)[C@H]3O)[C@H](O)[C@H]2O)Oc2ccc(cc2Cl)[C@H]1O. The van der Waals surface area contributed by atoms with Crippen molar-refractivity contribution in [1.82, 2.24) is 42.5 Å². The molecule has 8 aliphatic rings. The van der Waals surface area contributed by atoms with E-state index in [2.05, 4.69) is 47.3 Å². The van der Waals surface area contributed by atoms with E-state index in [0.717, 1.165) is 78.9 Å². The molecule has 40 nitrogen and oxygen atoms in total. The average Bonchev–Trinajstić information content (AvgIpc) is 0.765. The number of carboxylic acid groups (broad SMARTS) is 1. The van der Waals surface area contributed by atoms with Crippen molar-refractivity contribution >= 4 is 81.7 Å². The van der Waals surface area contributed by atoms with Gasteiger partial charge in [-0.2, -0.15) is 0 Å². The fourth-order valence-electron chi connectivity index (χ4n) is 16.2. The third-order valence-corrected chi connectivity index (χ3v) is 24.9. The Bertz CT molecular complexity index is 5510. The van der Waals surface area contributed by atoms with Crippen LogP contribution in [0.4, 0.5) is 13.2 Å².